The Kier molecular flexibility index (Phi) is 3.65. The van der Waals surface area contributed by atoms with Gasteiger partial charge in [0.25, 0.3) is 0 Å². The number of amides is 1. The van der Waals surface area contributed by atoms with Crippen molar-refractivity contribution in [3.63, 3.8) is 0 Å². The van der Waals surface area contributed by atoms with Crippen molar-refractivity contribution in [3.8, 4) is 0 Å². The third-order valence-electron chi connectivity index (χ3n) is 2.74. The highest BCUT2D eigenvalue weighted by molar-refractivity contribution is 5.90. The number of carboxylic acids is 1. The second kappa shape index (κ2) is 4.52. The summed E-state index contributed by atoms with van der Waals surface area (Å²) in [5.74, 6) is -3.07. The van der Waals surface area contributed by atoms with Crippen LogP contribution in [0, 0.1) is 0 Å². The number of halogens is 3. The van der Waals surface area contributed by atoms with E-state index in [1.807, 2.05) is 0 Å². The lowest BCUT2D eigenvalue weighted by Crippen LogP contribution is -2.64. The van der Waals surface area contributed by atoms with Crippen LogP contribution in [0.25, 0.3) is 0 Å². The number of carboxylic acid groups (broad SMARTS) is 1. The number of aliphatic carboxylic acids is 1. The molecule has 0 radical (unpaired) electrons. The van der Waals surface area contributed by atoms with E-state index in [1.54, 1.807) is 5.32 Å². The van der Waals surface area contributed by atoms with Crippen LogP contribution in [-0.4, -0.2) is 41.3 Å². The molecule has 1 unspecified atom stereocenters. The molecule has 0 aliphatic carbocycles. The monoisotopic (exact) mass is 254 g/mol. The number of carbonyl (C=O) groups is 2. The summed E-state index contributed by atoms with van der Waals surface area (Å²) in [7, 11) is 0. The van der Waals surface area contributed by atoms with Gasteiger partial charge in [-0.2, -0.15) is 13.2 Å². The zero-order valence-corrected chi connectivity index (χ0v) is 9.10. The van der Waals surface area contributed by atoms with Crippen molar-refractivity contribution in [1.29, 1.82) is 0 Å². The zero-order valence-electron chi connectivity index (χ0n) is 9.10. The summed E-state index contributed by atoms with van der Waals surface area (Å²) in [6, 6.07) is -0.754. The third kappa shape index (κ3) is 2.68. The predicted molar refractivity (Wildman–Crippen MR) is 51.3 cm³/mol. The van der Waals surface area contributed by atoms with Crippen molar-refractivity contribution in [2.24, 2.45) is 0 Å². The molecule has 0 spiro atoms. The summed E-state index contributed by atoms with van der Waals surface area (Å²) < 4.78 is 37.8. The Labute approximate surface area is 95.4 Å². The molecular weight excluding hydrogens is 241 g/mol. The molecular formula is C9H13F3N2O3. The maximum Gasteiger partial charge on any atom is 0.422 e. The molecule has 0 aromatic rings. The van der Waals surface area contributed by atoms with Gasteiger partial charge in [-0.3, -0.25) is 4.79 Å². The predicted octanol–water partition coefficient (Wildman–Crippen LogP) is 0.260. The van der Waals surface area contributed by atoms with Crippen LogP contribution in [-0.2, 0) is 9.59 Å². The van der Waals surface area contributed by atoms with Gasteiger partial charge in [0.15, 0.2) is 0 Å². The normalized spacial score (nSPS) is 24.1. The SMILES string of the molecule is CC(NC(=O)[C@H]1CCCN1)(C(=O)O)C(F)(F)F. The largest absolute Gasteiger partial charge is 0.479 e. The van der Waals surface area contributed by atoms with E-state index in [-0.39, 0.29) is 0 Å². The van der Waals surface area contributed by atoms with Gasteiger partial charge in [-0.15, -0.1) is 0 Å². The molecule has 1 aliphatic rings. The molecule has 1 saturated heterocycles. The minimum absolute atomic E-state index is 0.402. The molecule has 0 aromatic carbocycles. The van der Waals surface area contributed by atoms with Gasteiger partial charge in [0.1, 0.15) is 0 Å². The Hall–Kier alpha value is -1.31. The summed E-state index contributed by atoms with van der Waals surface area (Å²) in [4.78, 5) is 22.1. The average molecular weight is 254 g/mol. The van der Waals surface area contributed by atoms with Crippen LogP contribution in [0.5, 0.6) is 0 Å². The average Bonchev–Trinajstić information content (AvgIpc) is 2.67. The van der Waals surface area contributed by atoms with E-state index in [1.165, 1.54) is 0 Å². The van der Waals surface area contributed by atoms with Gasteiger partial charge in [-0.25, -0.2) is 4.79 Å². The van der Waals surface area contributed by atoms with Crippen molar-refractivity contribution < 1.29 is 27.9 Å². The van der Waals surface area contributed by atoms with Gasteiger partial charge >= 0.3 is 12.1 Å². The molecule has 1 fully saturated rings. The first-order chi connectivity index (χ1) is 7.68. The van der Waals surface area contributed by atoms with E-state index in [9.17, 15) is 22.8 Å². The molecule has 1 aliphatic heterocycles. The molecule has 17 heavy (non-hydrogen) atoms. The highest BCUT2D eigenvalue weighted by Gasteiger charge is 2.58. The Morgan fingerprint density at radius 3 is 2.35 bits per heavy atom. The summed E-state index contributed by atoms with van der Waals surface area (Å²) in [5, 5.41) is 12.9. The first kappa shape index (κ1) is 13.8. The lowest BCUT2D eigenvalue weighted by Gasteiger charge is -2.29. The van der Waals surface area contributed by atoms with Crippen molar-refractivity contribution in [3.05, 3.63) is 0 Å². The standard InChI is InChI=1S/C9H13F3N2O3/c1-8(7(16)17,9(10,11)12)14-6(15)5-3-2-4-13-5/h5,13H,2-4H2,1H3,(H,14,15)(H,16,17)/t5-,8?/m1/s1. The third-order valence-corrected chi connectivity index (χ3v) is 2.74. The summed E-state index contributed by atoms with van der Waals surface area (Å²) in [6.45, 7) is 0.968. The molecule has 2 atom stereocenters. The van der Waals surface area contributed by atoms with Gasteiger partial charge in [-0.05, 0) is 26.3 Å². The van der Waals surface area contributed by atoms with E-state index >= 15 is 0 Å². The number of nitrogens with one attached hydrogen (secondary N) is 2. The fraction of sp³-hybridized carbons (Fsp3) is 0.778. The van der Waals surface area contributed by atoms with Crippen LogP contribution in [0.1, 0.15) is 19.8 Å². The fourth-order valence-corrected chi connectivity index (χ4v) is 1.49. The van der Waals surface area contributed by atoms with Crippen molar-refractivity contribution in [1.82, 2.24) is 10.6 Å². The van der Waals surface area contributed by atoms with Gasteiger partial charge in [0.2, 0.25) is 11.4 Å². The summed E-state index contributed by atoms with van der Waals surface area (Å²) in [5.41, 5.74) is -3.26. The van der Waals surface area contributed by atoms with Gasteiger partial charge in [0, 0.05) is 0 Å². The Bertz CT molecular complexity index is 326. The minimum Gasteiger partial charge on any atom is -0.479 e. The van der Waals surface area contributed by atoms with E-state index in [0.717, 1.165) is 0 Å². The van der Waals surface area contributed by atoms with Gasteiger partial charge < -0.3 is 15.7 Å². The van der Waals surface area contributed by atoms with Crippen LogP contribution in [0.15, 0.2) is 0 Å². The molecule has 0 bridgehead atoms. The van der Waals surface area contributed by atoms with E-state index < -0.39 is 29.6 Å². The lowest BCUT2D eigenvalue weighted by molar-refractivity contribution is -0.207. The molecule has 98 valence electrons. The lowest BCUT2D eigenvalue weighted by atomic mass is 10.0. The molecule has 1 rings (SSSR count). The number of rotatable bonds is 3. The summed E-state index contributed by atoms with van der Waals surface area (Å²) >= 11 is 0. The quantitative estimate of drug-likeness (QED) is 0.675. The first-order valence-electron chi connectivity index (χ1n) is 5.04. The van der Waals surface area contributed by atoms with Crippen LogP contribution < -0.4 is 10.6 Å². The second-order valence-electron chi connectivity index (χ2n) is 4.07. The number of carbonyl (C=O) groups excluding carboxylic acids is 1. The molecule has 5 nitrogen and oxygen atoms in total. The van der Waals surface area contributed by atoms with Crippen molar-refractivity contribution >= 4 is 11.9 Å². The van der Waals surface area contributed by atoms with Crippen LogP contribution in [0.2, 0.25) is 0 Å². The van der Waals surface area contributed by atoms with E-state index in [0.29, 0.717) is 26.3 Å². The van der Waals surface area contributed by atoms with Gasteiger partial charge in [0.05, 0.1) is 6.04 Å². The maximum atomic E-state index is 12.6. The van der Waals surface area contributed by atoms with Crippen molar-refractivity contribution in [2.45, 2.75) is 37.5 Å². The maximum absolute atomic E-state index is 12.6. The number of hydrogen-bond donors (Lipinski definition) is 3. The van der Waals surface area contributed by atoms with E-state index in [4.69, 9.17) is 5.11 Å². The second-order valence-corrected chi connectivity index (χ2v) is 4.07. The summed E-state index contributed by atoms with van der Waals surface area (Å²) in [6.07, 6.45) is -3.97. The highest BCUT2D eigenvalue weighted by Crippen LogP contribution is 2.30. The van der Waals surface area contributed by atoms with Crippen molar-refractivity contribution in [2.75, 3.05) is 6.54 Å². The molecule has 1 heterocycles. The Balaban J connectivity index is 2.80. The molecule has 3 N–H and O–H groups in total. The molecule has 0 saturated carbocycles. The zero-order chi connectivity index (χ0) is 13.3. The topological polar surface area (TPSA) is 78.4 Å². The highest BCUT2D eigenvalue weighted by atomic mass is 19.4. The number of hydrogen-bond acceptors (Lipinski definition) is 3. The van der Waals surface area contributed by atoms with Gasteiger partial charge in [-0.1, -0.05) is 0 Å². The number of alkyl halides is 3. The first-order valence-corrected chi connectivity index (χ1v) is 5.04. The molecule has 0 aromatic heterocycles. The smallest absolute Gasteiger partial charge is 0.422 e. The Morgan fingerprint density at radius 2 is 2.00 bits per heavy atom. The van der Waals surface area contributed by atoms with E-state index in [2.05, 4.69) is 5.32 Å². The molecule has 8 heteroatoms. The van der Waals surface area contributed by atoms with Crippen LogP contribution in [0.4, 0.5) is 13.2 Å². The fourth-order valence-electron chi connectivity index (χ4n) is 1.49. The minimum atomic E-state index is -5.05. The van der Waals surface area contributed by atoms with Crippen LogP contribution in [0.3, 0.4) is 0 Å². The van der Waals surface area contributed by atoms with Crippen LogP contribution >= 0.6 is 0 Å². The molecule has 1 amide bonds. The Morgan fingerprint density at radius 1 is 1.41 bits per heavy atom.